The molecule has 9 heteroatoms. The molecule has 1 aromatic carbocycles. The molecule has 0 N–H and O–H groups in total. The van der Waals surface area contributed by atoms with E-state index in [1.807, 2.05) is 37.2 Å². The Morgan fingerprint density at radius 1 is 1.29 bits per heavy atom. The predicted molar refractivity (Wildman–Crippen MR) is 115 cm³/mol. The Balaban J connectivity index is 2.16. The van der Waals surface area contributed by atoms with Gasteiger partial charge in [-0.25, -0.2) is 0 Å². The summed E-state index contributed by atoms with van der Waals surface area (Å²) in [5, 5.41) is 0. The monoisotopic (exact) mass is 501 g/mol. The topological polar surface area (TPSA) is 48.5 Å². The van der Waals surface area contributed by atoms with Gasteiger partial charge in [-0.3, -0.25) is 14.2 Å². The van der Waals surface area contributed by atoms with E-state index in [4.69, 9.17) is 4.74 Å². The van der Waals surface area contributed by atoms with E-state index in [0.29, 0.717) is 28.7 Å². The second-order valence-corrected chi connectivity index (χ2v) is 9.71. The smallest absolute Gasteiger partial charge is 0.376 e. The molecule has 0 unspecified atom stereocenters. The summed E-state index contributed by atoms with van der Waals surface area (Å²) < 4.78 is 49.7. The lowest BCUT2D eigenvalue weighted by molar-refractivity contribution is -0.137. The van der Waals surface area contributed by atoms with Gasteiger partial charge in [0.1, 0.15) is 0 Å². The van der Waals surface area contributed by atoms with Crippen LogP contribution in [-0.2, 0) is 29.9 Å². The molecule has 1 saturated heterocycles. The van der Waals surface area contributed by atoms with Crippen LogP contribution in [0, 0.1) is 6.92 Å². The van der Waals surface area contributed by atoms with Crippen molar-refractivity contribution in [2.45, 2.75) is 64.8 Å². The fourth-order valence-corrected chi connectivity index (χ4v) is 5.07. The lowest BCUT2D eigenvalue weighted by Gasteiger charge is -2.22. The van der Waals surface area contributed by atoms with Gasteiger partial charge < -0.3 is 4.74 Å². The molecule has 0 saturated carbocycles. The SMILES string of the molecule is Cc1ccc(C(F)(F)F)cc1C(=O)/N=c1\c(Br)c(C(C)(C)C)n(C)n1C[C@H]1CCCO1. The molecule has 0 spiro atoms. The molecule has 3 rings (SSSR count). The van der Waals surface area contributed by atoms with Crippen LogP contribution in [0.1, 0.15) is 60.8 Å². The lowest BCUT2D eigenvalue weighted by atomic mass is 9.92. The molecule has 0 aliphatic carbocycles. The van der Waals surface area contributed by atoms with E-state index in [9.17, 15) is 18.0 Å². The molecule has 1 fully saturated rings. The molecule has 1 aliphatic heterocycles. The fraction of sp³-hybridized carbons (Fsp3) is 0.545. The molecule has 2 aromatic rings. The van der Waals surface area contributed by atoms with Gasteiger partial charge in [-0.15, -0.1) is 0 Å². The number of alkyl halides is 3. The van der Waals surface area contributed by atoms with Gasteiger partial charge in [0.15, 0.2) is 5.49 Å². The third kappa shape index (κ3) is 4.98. The number of nitrogens with zero attached hydrogens (tertiary/aromatic N) is 3. The zero-order valence-electron chi connectivity index (χ0n) is 18.3. The maximum atomic E-state index is 13.2. The van der Waals surface area contributed by atoms with Crippen molar-refractivity contribution in [1.82, 2.24) is 9.36 Å². The molecular weight excluding hydrogens is 475 g/mol. The molecule has 0 radical (unpaired) electrons. The lowest BCUT2D eigenvalue weighted by Crippen LogP contribution is -2.30. The number of benzene rings is 1. The minimum atomic E-state index is -4.53. The largest absolute Gasteiger partial charge is 0.416 e. The third-order valence-electron chi connectivity index (χ3n) is 5.45. The van der Waals surface area contributed by atoms with Gasteiger partial charge in [0, 0.05) is 24.6 Å². The summed E-state index contributed by atoms with van der Waals surface area (Å²) in [5.74, 6) is -0.712. The maximum Gasteiger partial charge on any atom is 0.416 e. The number of hydrogen-bond acceptors (Lipinski definition) is 2. The highest BCUT2D eigenvalue weighted by atomic mass is 79.9. The Labute approximate surface area is 188 Å². The molecule has 1 atom stereocenters. The van der Waals surface area contributed by atoms with E-state index < -0.39 is 17.6 Å². The Morgan fingerprint density at radius 3 is 2.52 bits per heavy atom. The predicted octanol–water partition coefficient (Wildman–Crippen LogP) is 5.13. The van der Waals surface area contributed by atoms with Crippen LogP contribution in [0.4, 0.5) is 13.2 Å². The van der Waals surface area contributed by atoms with Gasteiger partial charge in [0.25, 0.3) is 5.91 Å². The Hall–Kier alpha value is -1.87. The molecule has 1 aromatic heterocycles. The van der Waals surface area contributed by atoms with Crippen LogP contribution in [0.25, 0.3) is 0 Å². The van der Waals surface area contributed by atoms with Crippen molar-refractivity contribution in [3.8, 4) is 0 Å². The quantitative estimate of drug-likeness (QED) is 0.584. The number of rotatable bonds is 3. The molecule has 31 heavy (non-hydrogen) atoms. The van der Waals surface area contributed by atoms with E-state index in [1.54, 1.807) is 6.92 Å². The first-order valence-electron chi connectivity index (χ1n) is 10.1. The molecule has 1 aliphatic rings. The van der Waals surface area contributed by atoms with E-state index in [2.05, 4.69) is 20.9 Å². The van der Waals surface area contributed by atoms with Crippen LogP contribution in [-0.4, -0.2) is 28.0 Å². The summed E-state index contributed by atoms with van der Waals surface area (Å²) in [6.45, 7) is 8.94. The van der Waals surface area contributed by atoms with E-state index in [-0.39, 0.29) is 17.1 Å². The minimum Gasteiger partial charge on any atom is -0.376 e. The summed E-state index contributed by atoms with van der Waals surface area (Å²) in [4.78, 5) is 17.3. The average molecular weight is 502 g/mol. The van der Waals surface area contributed by atoms with Crippen LogP contribution in [0.15, 0.2) is 27.7 Å². The number of aryl methyl sites for hydroxylation is 1. The highest BCUT2D eigenvalue weighted by molar-refractivity contribution is 9.10. The first-order valence-corrected chi connectivity index (χ1v) is 10.9. The average Bonchev–Trinajstić information content (AvgIpc) is 3.22. The molecule has 2 heterocycles. The van der Waals surface area contributed by atoms with E-state index in [1.165, 1.54) is 6.07 Å². The Morgan fingerprint density at radius 2 is 1.97 bits per heavy atom. The number of ether oxygens (including phenoxy) is 1. The summed E-state index contributed by atoms with van der Waals surface area (Å²) in [5.41, 5.74) is 0.561. The van der Waals surface area contributed by atoms with Crippen LogP contribution in [0.2, 0.25) is 0 Å². The summed E-state index contributed by atoms with van der Waals surface area (Å²) in [6.07, 6.45) is -2.66. The number of carbonyl (C=O) groups is 1. The normalized spacial score (nSPS) is 18.1. The second-order valence-electron chi connectivity index (χ2n) is 8.92. The van der Waals surface area contributed by atoms with Crippen molar-refractivity contribution in [2.75, 3.05) is 6.61 Å². The molecular formula is C22H27BrF3N3O2. The zero-order valence-corrected chi connectivity index (χ0v) is 19.9. The third-order valence-corrected chi connectivity index (χ3v) is 6.18. The first-order chi connectivity index (χ1) is 14.3. The van der Waals surface area contributed by atoms with Crippen LogP contribution >= 0.6 is 15.9 Å². The first kappa shape index (κ1) is 23.8. The molecule has 170 valence electrons. The van der Waals surface area contributed by atoms with Crippen molar-refractivity contribution in [1.29, 1.82) is 0 Å². The van der Waals surface area contributed by atoms with Gasteiger partial charge in [-0.1, -0.05) is 26.8 Å². The number of hydrogen-bond donors (Lipinski definition) is 0. The van der Waals surface area contributed by atoms with Gasteiger partial charge in [0.05, 0.1) is 28.4 Å². The summed E-state index contributed by atoms with van der Waals surface area (Å²) >= 11 is 3.60. The second kappa shape index (κ2) is 8.58. The van der Waals surface area contributed by atoms with Crippen LogP contribution in [0.3, 0.4) is 0 Å². The van der Waals surface area contributed by atoms with Gasteiger partial charge in [0.2, 0.25) is 0 Å². The van der Waals surface area contributed by atoms with E-state index in [0.717, 1.165) is 30.7 Å². The number of halogens is 4. The molecule has 0 bridgehead atoms. The summed E-state index contributed by atoms with van der Waals surface area (Å²) in [7, 11) is 1.89. The fourth-order valence-electron chi connectivity index (χ4n) is 3.92. The highest BCUT2D eigenvalue weighted by Gasteiger charge is 2.32. The highest BCUT2D eigenvalue weighted by Crippen LogP contribution is 2.31. The van der Waals surface area contributed by atoms with Gasteiger partial charge in [-0.05, 0) is 53.4 Å². The molecule has 5 nitrogen and oxygen atoms in total. The number of amides is 1. The minimum absolute atomic E-state index is 0.00216. The van der Waals surface area contributed by atoms with Crippen LogP contribution in [0.5, 0.6) is 0 Å². The Kier molecular flexibility index (Phi) is 6.58. The number of aromatic nitrogens is 2. The van der Waals surface area contributed by atoms with Crippen molar-refractivity contribution >= 4 is 21.8 Å². The van der Waals surface area contributed by atoms with Crippen molar-refractivity contribution in [2.24, 2.45) is 12.0 Å². The van der Waals surface area contributed by atoms with E-state index >= 15 is 0 Å². The molecule has 1 amide bonds. The zero-order chi connectivity index (χ0) is 23.1. The Bertz CT molecular complexity index is 1060. The number of carbonyl (C=O) groups excluding carboxylic acids is 1. The van der Waals surface area contributed by atoms with Gasteiger partial charge >= 0.3 is 6.18 Å². The van der Waals surface area contributed by atoms with Crippen molar-refractivity contribution < 1.29 is 22.7 Å². The van der Waals surface area contributed by atoms with Crippen LogP contribution < -0.4 is 5.49 Å². The van der Waals surface area contributed by atoms with Crippen molar-refractivity contribution in [3.05, 3.63) is 50.5 Å². The summed E-state index contributed by atoms with van der Waals surface area (Å²) in [6, 6.07) is 3.14. The van der Waals surface area contributed by atoms with Gasteiger partial charge in [-0.2, -0.15) is 18.2 Å². The maximum absolute atomic E-state index is 13.2. The standard InChI is InChI=1S/C22H27BrF3N3O2/c1-13-8-9-14(22(24,25)26)11-16(13)20(30)27-19-17(23)18(21(2,3)4)28(5)29(19)12-15-7-6-10-31-15/h8-9,11,15H,6-7,10,12H2,1-5H3/b27-19+/t15-/m1/s1. The van der Waals surface area contributed by atoms with Crippen molar-refractivity contribution in [3.63, 3.8) is 0 Å².